The number of alkyl halides is 2. The number of carbonyl (C=O) groups is 3. The van der Waals surface area contributed by atoms with Crippen molar-refractivity contribution in [2.75, 3.05) is 19.6 Å². The number of hydrogen-bond donors (Lipinski definition) is 2. The molecule has 2 heterocycles. The quantitative estimate of drug-likeness (QED) is 0.749. The van der Waals surface area contributed by atoms with E-state index >= 15 is 0 Å². The van der Waals surface area contributed by atoms with Crippen molar-refractivity contribution < 1.29 is 33.0 Å². The molecule has 2 rings (SSSR count). The first-order chi connectivity index (χ1) is 12.5. The van der Waals surface area contributed by atoms with Crippen LogP contribution < -0.4 is 5.32 Å². The number of carboxylic acid groups (broad SMARTS) is 1. The van der Waals surface area contributed by atoms with Crippen molar-refractivity contribution in [3.05, 3.63) is 0 Å². The monoisotopic (exact) mass is 391 g/mol. The van der Waals surface area contributed by atoms with Gasteiger partial charge in [-0.1, -0.05) is 0 Å². The molecule has 3 atom stereocenters. The minimum Gasteiger partial charge on any atom is -0.480 e. The zero-order chi connectivity index (χ0) is 20.4. The summed E-state index contributed by atoms with van der Waals surface area (Å²) in [5.74, 6) is -1.68. The maximum absolute atomic E-state index is 13.0. The average Bonchev–Trinajstić information content (AvgIpc) is 2.91. The summed E-state index contributed by atoms with van der Waals surface area (Å²) in [7, 11) is 0. The molecular formula is C17H27F2N3O5. The Hall–Kier alpha value is -1.97. The largest absolute Gasteiger partial charge is 0.480 e. The first-order valence-electron chi connectivity index (χ1n) is 9.03. The maximum atomic E-state index is 13.0. The lowest BCUT2D eigenvalue weighted by molar-refractivity contribution is -0.151. The Balaban J connectivity index is 2.22. The Bertz CT molecular complexity index is 581. The van der Waals surface area contributed by atoms with Gasteiger partial charge in [-0.3, -0.25) is 9.69 Å². The van der Waals surface area contributed by atoms with E-state index in [2.05, 4.69) is 5.32 Å². The van der Waals surface area contributed by atoms with Gasteiger partial charge in [-0.05, 0) is 40.0 Å². The number of nitrogens with zero attached hydrogens (tertiary/aromatic N) is 2. The van der Waals surface area contributed by atoms with Gasteiger partial charge < -0.3 is 20.1 Å². The molecule has 10 heteroatoms. The molecule has 0 saturated carbocycles. The minimum absolute atomic E-state index is 0.127. The molecule has 2 aliphatic rings. The fourth-order valence-electron chi connectivity index (χ4n) is 3.60. The van der Waals surface area contributed by atoms with E-state index in [1.165, 1.54) is 9.80 Å². The van der Waals surface area contributed by atoms with Crippen LogP contribution in [0.15, 0.2) is 0 Å². The van der Waals surface area contributed by atoms with Crippen molar-refractivity contribution in [3.63, 3.8) is 0 Å². The Labute approximate surface area is 156 Å². The molecule has 0 radical (unpaired) electrons. The molecule has 0 aliphatic carbocycles. The third-order valence-corrected chi connectivity index (χ3v) is 4.65. The molecule has 0 unspecified atom stereocenters. The number of ether oxygens (including phenoxy) is 1. The zero-order valence-electron chi connectivity index (χ0n) is 15.8. The summed E-state index contributed by atoms with van der Waals surface area (Å²) in [6, 6.07) is -2.46. The number of amides is 2. The highest BCUT2D eigenvalue weighted by Crippen LogP contribution is 2.29. The molecule has 2 fully saturated rings. The van der Waals surface area contributed by atoms with Crippen LogP contribution in [0.3, 0.4) is 0 Å². The van der Waals surface area contributed by atoms with Crippen molar-refractivity contribution in [1.29, 1.82) is 0 Å². The van der Waals surface area contributed by atoms with Crippen LogP contribution in [-0.2, 0) is 14.3 Å². The second-order valence-corrected chi connectivity index (χ2v) is 7.97. The standard InChI is InChI=1S/C17H27F2N3O5/c1-17(2,3)27-16(26)20-11-8-21(9-13(18)19)7-6-10-4-5-12(15(24)25)22(10)14(11)23/h10-13H,4-9H2,1-3H3,(H,20,26)(H,24,25)/t10-,11+,12+/m1/s1. The summed E-state index contributed by atoms with van der Waals surface area (Å²) >= 11 is 0. The predicted octanol–water partition coefficient (Wildman–Crippen LogP) is 1.29. The summed E-state index contributed by atoms with van der Waals surface area (Å²) < 4.78 is 30.9. The summed E-state index contributed by atoms with van der Waals surface area (Å²) in [6.45, 7) is 4.62. The van der Waals surface area contributed by atoms with E-state index in [4.69, 9.17) is 4.74 Å². The van der Waals surface area contributed by atoms with Gasteiger partial charge in [-0.15, -0.1) is 0 Å². The van der Waals surface area contributed by atoms with Crippen LogP contribution in [0.1, 0.15) is 40.0 Å². The van der Waals surface area contributed by atoms with Crippen LogP contribution in [0.5, 0.6) is 0 Å². The smallest absolute Gasteiger partial charge is 0.408 e. The number of halogens is 2. The van der Waals surface area contributed by atoms with E-state index < -0.39 is 48.6 Å². The number of rotatable bonds is 4. The number of hydrogen-bond acceptors (Lipinski definition) is 5. The number of fused-ring (bicyclic) bond motifs is 1. The normalized spacial score (nSPS) is 27.1. The van der Waals surface area contributed by atoms with Gasteiger partial charge in [0.15, 0.2) is 0 Å². The number of aliphatic carboxylic acids is 1. The molecule has 2 amide bonds. The van der Waals surface area contributed by atoms with Gasteiger partial charge in [0.1, 0.15) is 17.7 Å². The molecule has 0 aromatic carbocycles. The Morgan fingerprint density at radius 2 is 1.96 bits per heavy atom. The molecular weight excluding hydrogens is 364 g/mol. The van der Waals surface area contributed by atoms with Gasteiger partial charge in [0.05, 0.1) is 6.54 Å². The van der Waals surface area contributed by atoms with E-state index in [0.29, 0.717) is 19.3 Å². The van der Waals surface area contributed by atoms with Crippen molar-refractivity contribution in [1.82, 2.24) is 15.1 Å². The molecule has 0 spiro atoms. The maximum Gasteiger partial charge on any atom is 0.408 e. The molecule has 2 aliphatic heterocycles. The Morgan fingerprint density at radius 3 is 2.52 bits per heavy atom. The fraction of sp³-hybridized carbons (Fsp3) is 0.824. The van der Waals surface area contributed by atoms with Crippen molar-refractivity contribution in [3.8, 4) is 0 Å². The molecule has 0 aromatic heterocycles. The third kappa shape index (κ3) is 5.75. The zero-order valence-corrected chi connectivity index (χ0v) is 15.8. The molecule has 154 valence electrons. The Kier molecular flexibility index (Phi) is 6.61. The molecule has 2 saturated heterocycles. The lowest BCUT2D eigenvalue weighted by Crippen LogP contribution is -2.60. The lowest BCUT2D eigenvalue weighted by Gasteiger charge is -2.38. The van der Waals surface area contributed by atoms with Gasteiger partial charge in [0.2, 0.25) is 5.91 Å². The van der Waals surface area contributed by atoms with E-state index in [1.807, 2.05) is 0 Å². The van der Waals surface area contributed by atoms with Crippen LogP contribution in [0.2, 0.25) is 0 Å². The fourth-order valence-corrected chi connectivity index (χ4v) is 3.60. The first kappa shape index (κ1) is 21.3. The number of carbonyl (C=O) groups excluding carboxylic acids is 2. The van der Waals surface area contributed by atoms with Gasteiger partial charge in [-0.2, -0.15) is 0 Å². The third-order valence-electron chi connectivity index (χ3n) is 4.65. The molecule has 0 aromatic rings. The average molecular weight is 391 g/mol. The number of alkyl carbamates (subject to hydrolysis) is 1. The van der Waals surface area contributed by atoms with Crippen LogP contribution in [-0.4, -0.2) is 82.7 Å². The van der Waals surface area contributed by atoms with Crippen LogP contribution in [0.25, 0.3) is 0 Å². The summed E-state index contributed by atoms with van der Waals surface area (Å²) in [5, 5.41) is 11.8. The summed E-state index contributed by atoms with van der Waals surface area (Å²) in [4.78, 5) is 39.4. The van der Waals surface area contributed by atoms with Crippen molar-refractivity contribution in [2.24, 2.45) is 0 Å². The highest BCUT2D eigenvalue weighted by atomic mass is 19.3. The summed E-state index contributed by atoms with van der Waals surface area (Å²) in [5.41, 5.74) is -0.794. The summed E-state index contributed by atoms with van der Waals surface area (Å²) in [6.07, 6.45) is -2.21. The number of carboxylic acids is 1. The topological polar surface area (TPSA) is 99.2 Å². The minimum atomic E-state index is -2.58. The lowest BCUT2D eigenvalue weighted by atomic mass is 10.1. The van der Waals surface area contributed by atoms with Gasteiger partial charge in [0, 0.05) is 19.1 Å². The van der Waals surface area contributed by atoms with E-state index in [1.54, 1.807) is 20.8 Å². The molecule has 0 bridgehead atoms. The predicted molar refractivity (Wildman–Crippen MR) is 91.5 cm³/mol. The second-order valence-electron chi connectivity index (χ2n) is 7.97. The van der Waals surface area contributed by atoms with Gasteiger partial charge in [0.25, 0.3) is 6.43 Å². The molecule has 2 N–H and O–H groups in total. The van der Waals surface area contributed by atoms with Crippen LogP contribution in [0, 0.1) is 0 Å². The van der Waals surface area contributed by atoms with E-state index in [0.717, 1.165) is 0 Å². The molecule has 8 nitrogen and oxygen atoms in total. The van der Waals surface area contributed by atoms with Crippen LogP contribution in [0.4, 0.5) is 13.6 Å². The van der Waals surface area contributed by atoms with E-state index in [-0.39, 0.29) is 19.1 Å². The van der Waals surface area contributed by atoms with Crippen LogP contribution >= 0.6 is 0 Å². The number of nitrogens with one attached hydrogen (secondary N) is 1. The molecule has 27 heavy (non-hydrogen) atoms. The van der Waals surface area contributed by atoms with Gasteiger partial charge >= 0.3 is 12.1 Å². The van der Waals surface area contributed by atoms with E-state index in [9.17, 15) is 28.3 Å². The highest BCUT2D eigenvalue weighted by molar-refractivity contribution is 5.90. The Morgan fingerprint density at radius 1 is 1.30 bits per heavy atom. The second kappa shape index (κ2) is 8.37. The van der Waals surface area contributed by atoms with Crippen molar-refractivity contribution >= 4 is 18.0 Å². The SMILES string of the molecule is CC(C)(C)OC(=O)N[C@H]1CN(CC(F)F)CC[C@H]2CC[C@@H](C(=O)O)N2C1=O. The van der Waals surface area contributed by atoms with Gasteiger partial charge in [-0.25, -0.2) is 18.4 Å². The van der Waals surface area contributed by atoms with Crippen molar-refractivity contribution in [2.45, 2.75) is 70.2 Å². The first-order valence-corrected chi connectivity index (χ1v) is 9.03. The highest BCUT2D eigenvalue weighted by Gasteiger charge is 2.45.